The van der Waals surface area contributed by atoms with Crippen LogP contribution in [0.3, 0.4) is 0 Å². The molecular formula is C22H22F6N4O5S2. The van der Waals surface area contributed by atoms with E-state index in [2.05, 4.69) is 17.4 Å². The number of rotatable bonds is 8. The van der Waals surface area contributed by atoms with Gasteiger partial charge in [-0.05, 0) is 11.1 Å². The summed E-state index contributed by atoms with van der Waals surface area (Å²) >= 11 is 0. The van der Waals surface area contributed by atoms with Crippen molar-refractivity contribution >= 4 is 26.0 Å². The molecule has 1 aromatic heterocycles. The van der Waals surface area contributed by atoms with Gasteiger partial charge >= 0.3 is 11.0 Å². The molecule has 0 saturated heterocycles. The number of benzene rings is 2. The smallest absolute Gasteiger partial charge is 0.421 e. The zero-order valence-corrected chi connectivity index (χ0v) is 21.6. The largest absolute Gasteiger partial charge is 0.480 e. The number of sulfonamides is 2. The summed E-state index contributed by atoms with van der Waals surface area (Å²) in [5.41, 5.74) is -10.2. The monoisotopic (exact) mass is 600 g/mol. The molecule has 1 amide bonds. The highest BCUT2D eigenvalue weighted by atomic mass is 32.3. The molecule has 0 saturated carbocycles. The minimum atomic E-state index is -6.72. The predicted octanol–water partition coefficient (Wildman–Crippen LogP) is 3.47. The lowest BCUT2D eigenvalue weighted by Gasteiger charge is -2.22. The van der Waals surface area contributed by atoms with Crippen molar-refractivity contribution < 1.29 is 52.5 Å². The van der Waals surface area contributed by atoms with Crippen LogP contribution in [-0.2, 0) is 44.9 Å². The Morgan fingerprint density at radius 2 is 1.33 bits per heavy atom. The lowest BCUT2D eigenvalue weighted by molar-refractivity contribution is -0.671. The summed E-state index contributed by atoms with van der Waals surface area (Å²) in [6.45, 7) is 0.540. The molecule has 39 heavy (non-hydrogen) atoms. The van der Waals surface area contributed by atoms with Crippen LogP contribution in [-0.4, -0.2) is 38.3 Å². The Hall–Kier alpha value is -3.44. The minimum absolute atomic E-state index is 0.0268. The maximum absolute atomic E-state index is 12.8. The number of imidazole rings is 1. The number of hydrogen-bond donors (Lipinski definition) is 1. The molecular weight excluding hydrogens is 578 g/mol. The van der Waals surface area contributed by atoms with Gasteiger partial charge in [0.05, 0.1) is 7.05 Å². The Bertz CT molecular complexity index is 1400. The first kappa shape index (κ1) is 31.8. The van der Waals surface area contributed by atoms with E-state index in [0.717, 1.165) is 15.3 Å². The summed E-state index contributed by atoms with van der Waals surface area (Å²) < 4.78 is 113. The lowest BCUT2D eigenvalue weighted by atomic mass is 10.0. The van der Waals surface area contributed by atoms with E-state index in [-0.39, 0.29) is 11.9 Å². The third-order valence-electron chi connectivity index (χ3n) is 4.81. The lowest BCUT2D eigenvalue weighted by Crippen LogP contribution is -2.34. The number of carbonyl (C=O) groups excluding carboxylic acids is 1. The number of amides is 1. The fraction of sp³-hybridized carbons (Fsp3) is 0.273. The first-order chi connectivity index (χ1) is 17.9. The summed E-state index contributed by atoms with van der Waals surface area (Å²) in [5, 5.41) is 3.06. The molecule has 3 aromatic rings. The van der Waals surface area contributed by atoms with Gasteiger partial charge in [0.1, 0.15) is 12.4 Å². The molecule has 214 valence electrons. The molecule has 1 heterocycles. The molecule has 0 aliphatic carbocycles. The molecule has 0 radical (unpaired) electrons. The van der Waals surface area contributed by atoms with Gasteiger partial charge in [0.2, 0.25) is 6.33 Å². The van der Waals surface area contributed by atoms with Gasteiger partial charge in [-0.25, -0.2) is 26.0 Å². The van der Waals surface area contributed by atoms with E-state index in [0.29, 0.717) is 13.0 Å². The van der Waals surface area contributed by atoms with Crippen molar-refractivity contribution in [2.24, 2.45) is 7.05 Å². The van der Waals surface area contributed by atoms with E-state index in [1.807, 2.05) is 83.4 Å². The molecule has 17 heteroatoms. The zero-order valence-electron chi connectivity index (χ0n) is 20.0. The predicted molar refractivity (Wildman–Crippen MR) is 126 cm³/mol. The van der Waals surface area contributed by atoms with Gasteiger partial charge in [0, 0.05) is 13.0 Å². The standard InChI is InChI=1S/C20H21N3O.C2F6NO4S2/c1-22-12-13-23(16-22)19(14-17-8-4-2-5-9-17)20(24)21-15-18-10-6-3-7-11-18;3-1(4,5)14(10,11)9-15(12,13)2(6,7)8/h2-13,16,19H,14-15H2,1H3;/q;-1/p+1/t19-;/m0./s1. The summed E-state index contributed by atoms with van der Waals surface area (Å²) in [5.74, 6) is 0.0268. The van der Waals surface area contributed by atoms with Crippen LogP contribution in [0, 0.1) is 0 Å². The van der Waals surface area contributed by atoms with E-state index < -0.39 is 31.1 Å². The van der Waals surface area contributed by atoms with Crippen molar-refractivity contribution in [1.29, 1.82) is 0 Å². The fourth-order valence-electron chi connectivity index (χ4n) is 2.94. The second-order valence-corrected chi connectivity index (χ2v) is 11.3. The normalized spacial score (nSPS) is 13.2. The second kappa shape index (κ2) is 12.6. The van der Waals surface area contributed by atoms with Crippen LogP contribution in [0.5, 0.6) is 0 Å². The van der Waals surface area contributed by atoms with E-state index in [9.17, 15) is 48.0 Å². The fourth-order valence-corrected chi connectivity index (χ4v) is 4.65. The van der Waals surface area contributed by atoms with Crippen LogP contribution in [0.25, 0.3) is 4.13 Å². The third-order valence-corrected chi connectivity index (χ3v) is 7.55. The Labute approximate surface area is 220 Å². The van der Waals surface area contributed by atoms with E-state index in [4.69, 9.17) is 0 Å². The molecule has 1 atom stereocenters. The molecule has 0 aliphatic rings. The van der Waals surface area contributed by atoms with Crippen LogP contribution in [0.4, 0.5) is 26.3 Å². The van der Waals surface area contributed by atoms with Crippen LogP contribution in [0.15, 0.2) is 79.4 Å². The van der Waals surface area contributed by atoms with Gasteiger partial charge in [-0.15, -0.1) is 0 Å². The topological polar surface area (TPSA) is 120 Å². The third kappa shape index (κ3) is 9.36. The average molecular weight is 601 g/mol. The number of nitrogens with one attached hydrogen (secondary N) is 1. The molecule has 0 unspecified atom stereocenters. The summed E-state index contributed by atoms with van der Waals surface area (Å²) in [7, 11) is -11.5. The summed E-state index contributed by atoms with van der Waals surface area (Å²) in [4.78, 5) is 12.8. The van der Waals surface area contributed by atoms with Crippen LogP contribution in [0.1, 0.15) is 17.2 Å². The number of hydrogen-bond acceptors (Lipinski definition) is 5. The first-order valence-electron chi connectivity index (χ1n) is 10.7. The zero-order chi connectivity index (χ0) is 29.5. The number of aryl methyl sites for hydroxylation is 1. The van der Waals surface area contributed by atoms with Crippen molar-refractivity contribution in [3.8, 4) is 0 Å². The van der Waals surface area contributed by atoms with Gasteiger partial charge in [-0.2, -0.15) is 26.3 Å². The number of aromatic nitrogens is 2. The van der Waals surface area contributed by atoms with Gasteiger partial charge in [0.15, 0.2) is 26.1 Å². The Kier molecular flexibility index (Phi) is 10.3. The van der Waals surface area contributed by atoms with Crippen molar-refractivity contribution in [1.82, 2.24) is 9.88 Å². The van der Waals surface area contributed by atoms with Gasteiger partial charge in [0.25, 0.3) is 5.91 Å². The number of halogens is 6. The molecule has 1 N–H and O–H groups in total. The van der Waals surface area contributed by atoms with Crippen LogP contribution >= 0.6 is 0 Å². The number of alkyl halides is 6. The SMILES string of the molecule is C[n+]1ccn([C@@H](Cc2ccccc2)C(=O)NCc2ccccc2)c1.O=S(=O)([N-]S(=O)(=O)C(F)(F)F)C(F)(F)F. The number of nitrogens with zero attached hydrogens (tertiary/aromatic N) is 3. The van der Waals surface area contributed by atoms with Gasteiger partial charge < -0.3 is 9.44 Å². The van der Waals surface area contributed by atoms with Crippen molar-refractivity contribution in [3.05, 3.63) is 94.6 Å². The summed E-state index contributed by atoms with van der Waals surface area (Å²) in [6.07, 6.45) is 6.49. The average Bonchev–Trinajstić information content (AvgIpc) is 3.26. The van der Waals surface area contributed by atoms with Crippen molar-refractivity contribution in [3.63, 3.8) is 0 Å². The number of carbonyl (C=O) groups is 1. The molecule has 0 spiro atoms. The van der Waals surface area contributed by atoms with Crippen LogP contribution < -0.4 is 9.88 Å². The molecule has 2 aromatic carbocycles. The van der Waals surface area contributed by atoms with E-state index in [1.165, 1.54) is 0 Å². The van der Waals surface area contributed by atoms with E-state index >= 15 is 0 Å². The Morgan fingerprint density at radius 3 is 1.74 bits per heavy atom. The van der Waals surface area contributed by atoms with Crippen LogP contribution in [0.2, 0.25) is 0 Å². The molecule has 0 fully saturated rings. The Balaban J connectivity index is 0.000000309. The van der Waals surface area contributed by atoms with Crippen molar-refractivity contribution in [2.75, 3.05) is 0 Å². The highest BCUT2D eigenvalue weighted by molar-refractivity contribution is 8.13. The molecule has 0 bridgehead atoms. The Morgan fingerprint density at radius 1 is 0.872 bits per heavy atom. The minimum Gasteiger partial charge on any atom is -0.421 e. The van der Waals surface area contributed by atoms with Gasteiger partial charge in [-0.3, -0.25) is 4.79 Å². The maximum atomic E-state index is 12.8. The van der Waals surface area contributed by atoms with Gasteiger partial charge in [-0.1, -0.05) is 60.7 Å². The molecule has 3 rings (SSSR count). The van der Waals surface area contributed by atoms with E-state index in [1.54, 1.807) is 0 Å². The quantitative estimate of drug-likeness (QED) is 0.314. The highest BCUT2D eigenvalue weighted by Gasteiger charge is 2.46. The highest BCUT2D eigenvalue weighted by Crippen LogP contribution is 2.36. The second-order valence-electron chi connectivity index (χ2n) is 7.85. The molecule has 9 nitrogen and oxygen atoms in total. The summed E-state index contributed by atoms with van der Waals surface area (Å²) in [6, 6.07) is 19.8. The first-order valence-corrected chi connectivity index (χ1v) is 13.6. The van der Waals surface area contributed by atoms with Crippen molar-refractivity contribution in [2.45, 2.75) is 30.0 Å². The molecule has 0 aliphatic heterocycles. The maximum Gasteiger partial charge on any atom is 0.480 e.